The fourth-order valence-electron chi connectivity index (χ4n) is 2.46. The Balaban J connectivity index is 3.06. The van der Waals surface area contributed by atoms with Gasteiger partial charge in [0.2, 0.25) is 0 Å². The molecule has 0 aliphatic rings. The van der Waals surface area contributed by atoms with Crippen LogP contribution < -0.4 is 0 Å². The van der Waals surface area contributed by atoms with Gasteiger partial charge in [-0.25, -0.2) is 0 Å². The summed E-state index contributed by atoms with van der Waals surface area (Å²) in [5.74, 6) is 0. The fourth-order valence-corrected chi connectivity index (χ4v) is 2.46. The van der Waals surface area contributed by atoms with Crippen LogP contribution in [-0.4, -0.2) is 11.2 Å². The molecule has 19 heavy (non-hydrogen) atoms. The number of aliphatic hydroxyl groups excluding tert-OH is 1. The lowest BCUT2D eigenvalue weighted by Gasteiger charge is -2.07. The van der Waals surface area contributed by atoms with E-state index in [0.717, 1.165) is 12.8 Å². The largest absolute Gasteiger partial charge is 0.393 e. The first kappa shape index (κ1) is 18.7. The van der Waals surface area contributed by atoms with E-state index in [-0.39, 0.29) is 6.10 Å². The number of unbranched alkanes of at least 4 members (excludes halogenated alkanes) is 10. The van der Waals surface area contributed by atoms with Crippen molar-refractivity contribution in [2.24, 2.45) is 0 Å². The summed E-state index contributed by atoms with van der Waals surface area (Å²) < 4.78 is 0. The highest BCUT2D eigenvalue weighted by Gasteiger charge is 2.00. The van der Waals surface area contributed by atoms with Crippen LogP contribution in [0.15, 0.2) is 12.2 Å². The van der Waals surface area contributed by atoms with Crippen molar-refractivity contribution in [2.75, 3.05) is 0 Å². The molecule has 0 amide bonds. The third kappa shape index (κ3) is 15.6. The number of allylic oxidation sites excluding steroid dienone is 1. The van der Waals surface area contributed by atoms with Crippen LogP contribution >= 0.6 is 0 Å². The van der Waals surface area contributed by atoms with Crippen LogP contribution in [0.4, 0.5) is 0 Å². The average Bonchev–Trinajstić information content (AvgIpc) is 2.42. The first-order valence-electron chi connectivity index (χ1n) is 8.60. The predicted molar refractivity (Wildman–Crippen MR) is 86.5 cm³/mol. The topological polar surface area (TPSA) is 20.2 Å². The summed E-state index contributed by atoms with van der Waals surface area (Å²) >= 11 is 0. The van der Waals surface area contributed by atoms with Gasteiger partial charge >= 0.3 is 0 Å². The van der Waals surface area contributed by atoms with E-state index in [2.05, 4.69) is 13.0 Å². The predicted octanol–water partition coefficient (Wildman–Crippen LogP) is 6.01. The molecule has 0 unspecified atom stereocenters. The van der Waals surface area contributed by atoms with Crippen molar-refractivity contribution in [1.29, 1.82) is 0 Å². The Morgan fingerprint density at radius 3 is 1.74 bits per heavy atom. The van der Waals surface area contributed by atoms with E-state index in [9.17, 15) is 5.11 Å². The van der Waals surface area contributed by atoms with Crippen molar-refractivity contribution in [3.05, 3.63) is 12.2 Å². The van der Waals surface area contributed by atoms with Crippen molar-refractivity contribution >= 4 is 0 Å². The second-order valence-corrected chi connectivity index (χ2v) is 5.78. The number of rotatable bonds is 14. The molecule has 0 fully saturated rings. The minimum absolute atomic E-state index is 0.116. The van der Waals surface area contributed by atoms with Gasteiger partial charge in [0.15, 0.2) is 0 Å². The molecule has 0 aromatic heterocycles. The minimum Gasteiger partial charge on any atom is -0.393 e. The van der Waals surface area contributed by atoms with Gasteiger partial charge in [0.1, 0.15) is 0 Å². The molecule has 114 valence electrons. The molecule has 0 heterocycles. The monoisotopic (exact) mass is 268 g/mol. The van der Waals surface area contributed by atoms with Crippen molar-refractivity contribution in [3.63, 3.8) is 0 Å². The molecule has 0 aromatic rings. The van der Waals surface area contributed by atoms with Crippen molar-refractivity contribution < 1.29 is 5.11 Å². The number of hydrogen-bond acceptors (Lipinski definition) is 1. The quantitative estimate of drug-likeness (QED) is 0.302. The highest BCUT2D eigenvalue weighted by atomic mass is 16.3. The number of hydrogen-bond donors (Lipinski definition) is 1. The molecular formula is C18H36O. The molecule has 0 aromatic carbocycles. The molecule has 1 N–H and O–H groups in total. The second-order valence-electron chi connectivity index (χ2n) is 5.78. The van der Waals surface area contributed by atoms with E-state index >= 15 is 0 Å². The SMILES string of the molecule is C/C=C/C[C@@H](O)CCCCCCCCCCCCC. The van der Waals surface area contributed by atoms with Gasteiger partial charge in [0.25, 0.3) is 0 Å². The maximum Gasteiger partial charge on any atom is 0.0574 e. The Labute approximate surface area is 121 Å². The normalized spacial score (nSPS) is 13.2. The molecule has 0 saturated carbocycles. The van der Waals surface area contributed by atoms with E-state index in [0.29, 0.717) is 0 Å². The van der Waals surface area contributed by atoms with Gasteiger partial charge < -0.3 is 5.11 Å². The van der Waals surface area contributed by atoms with Crippen molar-refractivity contribution in [3.8, 4) is 0 Å². The summed E-state index contributed by atoms with van der Waals surface area (Å²) in [5, 5.41) is 9.67. The molecule has 1 heteroatoms. The zero-order valence-corrected chi connectivity index (χ0v) is 13.4. The minimum atomic E-state index is -0.116. The molecule has 0 spiro atoms. The van der Waals surface area contributed by atoms with Gasteiger partial charge in [-0.05, 0) is 19.8 Å². The maximum absolute atomic E-state index is 9.67. The van der Waals surface area contributed by atoms with Gasteiger partial charge in [0.05, 0.1) is 6.10 Å². The smallest absolute Gasteiger partial charge is 0.0574 e. The first-order chi connectivity index (χ1) is 9.31. The Morgan fingerprint density at radius 2 is 1.26 bits per heavy atom. The lowest BCUT2D eigenvalue weighted by atomic mass is 10.0. The van der Waals surface area contributed by atoms with Crippen LogP contribution in [0.25, 0.3) is 0 Å². The van der Waals surface area contributed by atoms with Gasteiger partial charge in [-0.2, -0.15) is 0 Å². The summed E-state index contributed by atoms with van der Waals surface area (Å²) in [6.45, 7) is 4.28. The van der Waals surface area contributed by atoms with E-state index in [1.165, 1.54) is 70.6 Å². The highest BCUT2D eigenvalue weighted by Crippen LogP contribution is 2.13. The van der Waals surface area contributed by atoms with E-state index < -0.39 is 0 Å². The standard InChI is InChI=1S/C18H36O/c1-3-5-7-8-9-10-11-12-13-14-15-17-18(19)16-6-4-2/h4,6,18-19H,3,5,7-17H2,1-2H3/b6-4+/t18-/m1/s1. The molecule has 0 bridgehead atoms. The highest BCUT2D eigenvalue weighted by molar-refractivity contribution is 4.79. The summed E-state index contributed by atoms with van der Waals surface area (Å²) in [5.41, 5.74) is 0. The van der Waals surface area contributed by atoms with Crippen molar-refractivity contribution in [1.82, 2.24) is 0 Å². The molecule has 0 radical (unpaired) electrons. The average molecular weight is 268 g/mol. The Hall–Kier alpha value is -0.300. The first-order valence-corrected chi connectivity index (χ1v) is 8.60. The zero-order valence-electron chi connectivity index (χ0n) is 13.4. The van der Waals surface area contributed by atoms with Crippen LogP contribution in [0.2, 0.25) is 0 Å². The van der Waals surface area contributed by atoms with Crippen LogP contribution in [0.1, 0.15) is 97.3 Å². The molecule has 1 nitrogen and oxygen atoms in total. The Bertz CT molecular complexity index is 186. The second kappa shape index (κ2) is 15.8. The fraction of sp³-hybridized carbons (Fsp3) is 0.889. The van der Waals surface area contributed by atoms with Gasteiger partial charge in [-0.3, -0.25) is 0 Å². The number of aliphatic hydroxyl groups is 1. The summed E-state index contributed by atoms with van der Waals surface area (Å²) in [6, 6.07) is 0. The molecule has 0 aliphatic heterocycles. The summed E-state index contributed by atoms with van der Waals surface area (Å²) in [6.07, 6.45) is 20.9. The molecule has 0 aliphatic carbocycles. The lowest BCUT2D eigenvalue weighted by molar-refractivity contribution is 0.163. The third-order valence-electron chi connectivity index (χ3n) is 3.78. The summed E-state index contributed by atoms with van der Waals surface area (Å²) in [7, 11) is 0. The van der Waals surface area contributed by atoms with Crippen LogP contribution in [0.5, 0.6) is 0 Å². The van der Waals surface area contributed by atoms with Gasteiger partial charge in [0, 0.05) is 0 Å². The molecule has 1 atom stereocenters. The van der Waals surface area contributed by atoms with Gasteiger partial charge in [-0.15, -0.1) is 0 Å². The van der Waals surface area contributed by atoms with E-state index in [1.807, 2.05) is 13.0 Å². The van der Waals surface area contributed by atoms with Crippen LogP contribution in [0.3, 0.4) is 0 Å². The van der Waals surface area contributed by atoms with E-state index in [1.54, 1.807) is 0 Å². The third-order valence-corrected chi connectivity index (χ3v) is 3.78. The zero-order chi connectivity index (χ0) is 14.2. The van der Waals surface area contributed by atoms with Gasteiger partial charge in [-0.1, -0.05) is 89.7 Å². The molecule has 0 saturated heterocycles. The summed E-state index contributed by atoms with van der Waals surface area (Å²) in [4.78, 5) is 0. The molecule has 0 rings (SSSR count). The van der Waals surface area contributed by atoms with Crippen LogP contribution in [-0.2, 0) is 0 Å². The van der Waals surface area contributed by atoms with Crippen LogP contribution in [0, 0.1) is 0 Å². The Kier molecular flexibility index (Phi) is 15.5. The Morgan fingerprint density at radius 1 is 0.789 bits per heavy atom. The maximum atomic E-state index is 9.67. The molecular weight excluding hydrogens is 232 g/mol. The van der Waals surface area contributed by atoms with E-state index in [4.69, 9.17) is 0 Å². The lowest BCUT2D eigenvalue weighted by Crippen LogP contribution is -2.04. The van der Waals surface area contributed by atoms with Crippen molar-refractivity contribution in [2.45, 2.75) is 103 Å².